The first-order chi connectivity index (χ1) is 8.68. The minimum atomic E-state index is 0.513. The second kappa shape index (κ2) is 6.94. The van der Waals surface area contributed by atoms with Gasteiger partial charge in [-0.25, -0.2) is 0 Å². The Bertz CT molecular complexity index is 356. The van der Waals surface area contributed by atoms with Gasteiger partial charge in [-0.05, 0) is 62.4 Å². The number of thioether (sulfide) groups is 1. The molecule has 0 saturated carbocycles. The molecule has 102 valence electrons. The molecule has 18 heavy (non-hydrogen) atoms. The number of rotatable bonds is 5. The smallest absolute Gasteiger partial charge is 0.0564 e. The van der Waals surface area contributed by atoms with Crippen molar-refractivity contribution in [2.24, 2.45) is 0 Å². The fourth-order valence-electron chi connectivity index (χ4n) is 2.42. The lowest BCUT2D eigenvalue weighted by Gasteiger charge is -2.29. The molecule has 1 aromatic rings. The molecule has 0 spiro atoms. The van der Waals surface area contributed by atoms with Crippen molar-refractivity contribution < 1.29 is 0 Å². The molecule has 1 N–H and O–H groups in total. The largest absolute Gasteiger partial charge is 0.312 e. The maximum Gasteiger partial charge on any atom is 0.0564 e. The van der Waals surface area contributed by atoms with Crippen molar-refractivity contribution in [2.75, 3.05) is 32.1 Å². The van der Waals surface area contributed by atoms with Crippen molar-refractivity contribution in [1.82, 2.24) is 10.2 Å². The van der Waals surface area contributed by atoms with Gasteiger partial charge in [-0.3, -0.25) is 0 Å². The van der Waals surface area contributed by atoms with E-state index in [1.165, 1.54) is 34.8 Å². The van der Waals surface area contributed by atoms with Gasteiger partial charge in [-0.15, -0.1) is 11.3 Å². The summed E-state index contributed by atoms with van der Waals surface area (Å²) in [6.07, 6.45) is 2.66. The monoisotopic (exact) mass is 284 g/mol. The molecule has 0 aliphatic carbocycles. The Morgan fingerprint density at radius 2 is 2.11 bits per heavy atom. The van der Waals surface area contributed by atoms with Crippen LogP contribution in [0.1, 0.15) is 29.3 Å². The van der Waals surface area contributed by atoms with E-state index >= 15 is 0 Å². The van der Waals surface area contributed by atoms with Crippen LogP contribution >= 0.6 is 23.1 Å². The van der Waals surface area contributed by atoms with Crippen molar-refractivity contribution in [3.63, 3.8) is 0 Å². The van der Waals surface area contributed by atoms with Crippen molar-refractivity contribution >= 4 is 23.1 Å². The fourth-order valence-corrected chi connectivity index (χ4v) is 4.65. The molecule has 1 saturated heterocycles. The highest BCUT2D eigenvalue weighted by atomic mass is 32.2. The van der Waals surface area contributed by atoms with Gasteiger partial charge in [0.2, 0.25) is 0 Å². The third kappa shape index (κ3) is 3.73. The van der Waals surface area contributed by atoms with Gasteiger partial charge in [0.1, 0.15) is 0 Å². The first-order valence-corrected chi connectivity index (χ1v) is 8.73. The fraction of sp³-hybridized carbons (Fsp3) is 0.714. The van der Waals surface area contributed by atoms with Crippen LogP contribution in [0.15, 0.2) is 11.4 Å². The molecule has 1 fully saturated rings. The van der Waals surface area contributed by atoms with Gasteiger partial charge in [-0.2, -0.15) is 11.8 Å². The molecule has 0 aromatic carbocycles. The van der Waals surface area contributed by atoms with Crippen LogP contribution in [0.5, 0.6) is 0 Å². The van der Waals surface area contributed by atoms with Gasteiger partial charge in [0.25, 0.3) is 0 Å². The van der Waals surface area contributed by atoms with Crippen LogP contribution in [0.25, 0.3) is 0 Å². The lowest BCUT2D eigenvalue weighted by atomic mass is 10.1. The summed E-state index contributed by atoms with van der Waals surface area (Å²) in [5.41, 5.74) is 1.43. The van der Waals surface area contributed by atoms with E-state index in [1.54, 1.807) is 0 Å². The lowest BCUT2D eigenvalue weighted by Crippen LogP contribution is -2.38. The van der Waals surface area contributed by atoms with Gasteiger partial charge in [0.05, 0.1) is 6.04 Å². The van der Waals surface area contributed by atoms with Crippen LogP contribution in [0.4, 0.5) is 0 Å². The number of nitrogens with one attached hydrogen (secondary N) is 1. The Kier molecular flexibility index (Phi) is 5.55. The topological polar surface area (TPSA) is 15.3 Å². The highest BCUT2D eigenvalue weighted by molar-refractivity contribution is 7.99. The molecule has 0 bridgehead atoms. The second-order valence-electron chi connectivity index (χ2n) is 5.24. The van der Waals surface area contributed by atoms with Crippen LogP contribution < -0.4 is 5.32 Å². The van der Waals surface area contributed by atoms with Crippen LogP contribution in [-0.4, -0.2) is 43.1 Å². The van der Waals surface area contributed by atoms with Crippen LogP contribution in [0.2, 0.25) is 0 Å². The predicted molar refractivity (Wildman–Crippen MR) is 83.8 cm³/mol. The predicted octanol–water partition coefficient (Wildman–Crippen LogP) is 3.14. The van der Waals surface area contributed by atoms with E-state index in [9.17, 15) is 0 Å². The highest BCUT2D eigenvalue weighted by Crippen LogP contribution is 2.27. The molecule has 0 unspecified atom stereocenters. The maximum atomic E-state index is 3.77. The number of likely N-dealkylation sites (N-methyl/N-ethyl adjacent to an activating group) is 1. The zero-order valence-electron chi connectivity index (χ0n) is 11.6. The average molecular weight is 284 g/mol. The summed E-state index contributed by atoms with van der Waals surface area (Å²) in [4.78, 5) is 3.85. The summed E-state index contributed by atoms with van der Waals surface area (Å²) in [6.45, 7) is 3.29. The molecule has 0 radical (unpaired) electrons. The van der Waals surface area contributed by atoms with Gasteiger partial charge < -0.3 is 10.2 Å². The van der Waals surface area contributed by atoms with Gasteiger partial charge in [0, 0.05) is 17.5 Å². The first-order valence-electron chi connectivity index (χ1n) is 6.70. The van der Waals surface area contributed by atoms with E-state index < -0.39 is 0 Å². The van der Waals surface area contributed by atoms with Crippen molar-refractivity contribution in [3.05, 3.63) is 21.9 Å². The van der Waals surface area contributed by atoms with E-state index in [1.807, 2.05) is 11.3 Å². The van der Waals surface area contributed by atoms with Crippen molar-refractivity contribution in [2.45, 2.75) is 31.8 Å². The Labute approximate surface area is 119 Å². The Morgan fingerprint density at radius 3 is 2.67 bits per heavy atom. The van der Waals surface area contributed by atoms with E-state index in [4.69, 9.17) is 0 Å². The Morgan fingerprint density at radius 1 is 1.39 bits per heavy atom. The third-order valence-electron chi connectivity index (χ3n) is 3.65. The summed E-state index contributed by atoms with van der Waals surface area (Å²) in [6, 6.07) is 3.47. The minimum absolute atomic E-state index is 0.513. The highest BCUT2D eigenvalue weighted by Gasteiger charge is 2.20. The van der Waals surface area contributed by atoms with E-state index in [0.717, 1.165) is 12.6 Å². The summed E-state index contributed by atoms with van der Waals surface area (Å²) in [5.74, 6) is 2.64. The quantitative estimate of drug-likeness (QED) is 0.894. The SMILES string of the molecule is Cc1ccsc1[C@@H](CNC1CCSCC1)N(C)C. The Balaban J connectivity index is 1.92. The number of nitrogens with zero attached hydrogens (tertiary/aromatic N) is 1. The van der Waals surface area contributed by atoms with Crippen LogP contribution in [0.3, 0.4) is 0 Å². The molecule has 1 aromatic heterocycles. The molecule has 0 amide bonds. The molecular formula is C14H24N2S2. The molecule has 2 rings (SSSR count). The molecule has 2 heterocycles. The summed E-state index contributed by atoms with van der Waals surface area (Å²) in [5, 5.41) is 5.98. The van der Waals surface area contributed by atoms with Gasteiger partial charge >= 0.3 is 0 Å². The van der Waals surface area contributed by atoms with Crippen molar-refractivity contribution in [1.29, 1.82) is 0 Å². The molecular weight excluding hydrogens is 260 g/mol. The zero-order valence-corrected chi connectivity index (χ0v) is 13.2. The van der Waals surface area contributed by atoms with Crippen LogP contribution in [-0.2, 0) is 0 Å². The number of aryl methyl sites for hydroxylation is 1. The second-order valence-corrected chi connectivity index (χ2v) is 7.41. The third-order valence-corrected chi connectivity index (χ3v) is 5.82. The summed E-state index contributed by atoms with van der Waals surface area (Å²) in [7, 11) is 4.37. The van der Waals surface area contributed by atoms with Gasteiger partial charge in [0.15, 0.2) is 0 Å². The van der Waals surface area contributed by atoms with E-state index in [-0.39, 0.29) is 0 Å². The number of hydrogen-bond donors (Lipinski definition) is 1. The Hall–Kier alpha value is -0.0300. The number of hydrogen-bond acceptors (Lipinski definition) is 4. The summed E-state index contributed by atoms with van der Waals surface area (Å²) < 4.78 is 0. The number of thiophene rings is 1. The first kappa shape index (κ1) is 14.4. The van der Waals surface area contributed by atoms with E-state index in [0.29, 0.717) is 6.04 Å². The molecule has 4 heteroatoms. The molecule has 1 aliphatic rings. The normalized spacial score (nSPS) is 19.3. The van der Waals surface area contributed by atoms with Crippen LogP contribution in [0, 0.1) is 6.92 Å². The average Bonchev–Trinajstić information content (AvgIpc) is 2.77. The molecule has 1 atom stereocenters. The maximum absolute atomic E-state index is 3.77. The van der Waals surface area contributed by atoms with Crippen molar-refractivity contribution in [3.8, 4) is 0 Å². The standard InChI is InChI=1S/C14H24N2S2/c1-11-4-9-18-14(11)13(16(2)3)10-15-12-5-7-17-8-6-12/h4,9,12-13,15H,5-8,10H2,1-3H3/t13-/m1/s1. The summed E-state index contributed by atoms with van der Waals surface area (Å²) >= 11 is 3.98. The molecule has 2 nitrogen and oxygen atoms in total. The molecule has 1 aliphatic heterocycles. The lowest BCUT2D eigenvalue weighted by molar-refractivity contribution is 0.279. The van der Waals surface area contributed by atoms with E-state index in [2.05, 4.69) is 54.4 Å². The zero-order chi connectivity index (χ0) is 13.0. The minimum Gasteiger partial charge on any atom is -0.312 e. The van der Waals surface area contributed by atoms with Gasteiger partial charge in [-0.1, -0.05) is 0 Å².